The number of nitrogens with zero attached hydrogens (tertiary/aromatic N) is 3. The van der Waals surface area contributed by atoms with Crippen LogP contribution in [-0.2, 0) is 14.3 Å². The fraction of sp³-hybridized carbons (Fsp3) is 0.433. The van der Waals surface area contributed by atoms with Crippen molar-refractivity contribution in [2.45, 2.75) is 77.0 Å². The van der Waals surface area contributed by atoms with E-state index in [0.29, 0.717) is 53.1 Å². The van der Waals surface area contributed by atoms with Gasteiger partial charge in [-0.25, -0.2) is 13.8 Å². The summed E-state index contributed by atoms with van der Waals surface area (Å²) in [5, 5.41) is 0. The van der Waals surface area contributed by atoms with Crippen molar-refractivity contribution in [2.24, 2.45) is 5.73 Å². The first-order chi connectivity index (χ1) is 18.7. The smallest absolute Gasteiger partial charge is 0.227 e. The molecule has 1 amide bonds. The van der Waals surface area contributed by atoms with E-state index in [-0.39, 0.29) is 23.8 Å². The maximum atomic E-state index is 14.3. The largest absolute Gasteiger partial charge is 0.402 e. The zero-order valence-corrected chi connectivity index (χ0v) is 22.5. The Morgan fingerprint density at radius 1 is 1.03 bits per heavy atom. The van der Waals surface area contributed by atoms with Crippen molar-refractivity contribution >= 4 is 34.0 Å². The minimum absolute atomic E-state index is 0.130. The Hall–Kier alpha value is -3.59. The molecule has 0 bridgehead atoms. The summed E-state index contributed by atoms with van der Waals surface area (Å²) in [6, 6.07) is 8.97. The van der Waals surface area contributed by atoms with Crippen LogP contribution in [0, 0.1) is 11.6 Å². The van der Waals surface area contributed by atoms with Crippen molar-refractivity contribution in [3.8, 4) is 0 Å². The van der Waals surface area contributed by atoms with E-state index in [1.807, 2.05) is 18.2 Å². The Labute approximate surface area is 226 Å². The number of ketones is 1. The molecule has 1 saturated carbocycles. The first kappa shape index (κ1) is 27.0. The summed E-state index contributed by atoms with van der Waals surface area (Å²) >= 11 is 0. The summed E-state index contributed by atoms with van der Waals surface area (Å²) in [5.41, 5.74) is 9.52. The summed E-state index contributed by atoms with van der Waals surface area (Å²) < 4.78 is 35.8. The molecular weight excluding hydrogens is 502 g/mol. The van der Waals surface area contributed by atoms with E-state index in [2.05, 4.69) is 4.57 Å². The lowest BCUT2D eigenvalue weighted by Gasteiger charge is -2.37. The third-order valence-electron chi connectivity index (χ3n) is 8.02. The number of hydrogen-bond donors (Lipinski definition) is 1. The molecule has 7 nitrogen and oxygen atoms in total. The highest BCUT2D eigenvalue weighted by Gasteiger charge is 2.36. The number of rotatable bonds is 6. The number of ether oxygens (including phenoxy) is 1. The van der Waals surface area contributed by atoms with Gasteiger partial charge in [0, 0.05) is 42.6 Å². The van der Waals surface area contributed by atoms with Crippen molar-refractivity contribution in [2.75, 3.05) is 12.0 Å². The van der Waals surface area contributed by atoms with Crippen molar-refractivity contribution in [1.29, 1.82) is 0 Å². The van der Waals surface area contributed by atoms with Gasteiger partial charge in [0.1, 0.15) is 5.82 Å². The molecule has 9 heteroatoms. The first-order valence-corrected chi connectivity index (χ1v) is 13.5. The number of aromatic nitrogens is 2. The van der Waals surface area contributed by atoms with E-state index < -0.39 is 17.7 Å². The summed E-state index contributed by atoms with van der Waals surface area (Å²) in [5.74, 6) is -1.53. The van der Waals surface area contributed by atoms with Crippen LogP contribution in [0.2, 0.25) is 0 Å². The van der Waals surface area contributed by atoms with Gasteiger partial charge in [-0.15, -0.1) is 0 Å². The number of methoxy groups -OCH3 is 1. The first-order valence-electron chi connectivity index (χ1n) is 13.5. The van der Waals surface area contributed by atoms with Gasteiger partial charge in [-0.3, -0.25) is 9.59 Å². The second kappa shape index (κ2) is 10.9. The van der Waals surface area contributed by atoms with E-state index in [0.717, 1.165) is 43.3 Å². The highest BCUT2D eigenvalue weighted by atomic mass is 19.2. The van der Waals surface area contributed by atoms with Crippen molar-refractivity contribution in [3.63, 3.8) is 0 Å². The molecule has 1 aliphatic carbocycles. The van der Waals surface area contributed by atoms with Crippen molar-refractivity contribution < 1.29 is 23.1 Å². The number of allylic oxidation sites excluding steroid dienone is 2. The minimum Gasteiger partial charge on any atom is -0.402 e. The quantitative estimate of drug-likeness (QED) is 0.392. The summed E-state index contributed by atoms with van der Waals surface area (Å²) in [6.45, 7) is 3.19. The molecule has 2 N–H and O–H groups in total. The van der Waals surface area contributed by atoms with Gasteiger partial charge in [-0.05, 0) is 82.2 Å². The minimum atomic E-state index is -0.999. The number of hydrogen-bond acceptors (Lipinski definition) is 5. The van der Waals surface area contributed by atoms with Gasteiger partial charge in [0.05, 0.1) is 23.2 Å². The maximum absolute atomic E-state index is 14.3. The fourth-order valence-corrected chi connectivity index (χ4v) is 6.21. The number of Topliss-reactive ketones (excluding diaryl/α,β-unsaturated/α-hetero) is 1. The van der Waals surface area contributed by atoms with Crippen LogP contribution in [0.1, 0.15) is 82.3 Å². The molecule has 206 valence electrons. The van der Waals surface area contributed by atoms with Crippen molar-refractivity contribution in [1.82, 2.24) is 9.55 Å². The molecule has 0 spiro atoms. The Morgan fingerprint density at radius 2 is 1.77 bits per heavy atom. The second-order valence-electron chi connectivity index (χ2n) is 10.6. The maximum Gasteiger partial charge on any atom is 0.227 e. The van der Waals surface area contributed by atoms with Gasteiger partial charge in [0.15, 0.2) is 17.4 Å². The number of nitrogens with two attached hydrogens (primary N) is 1. The second-order valence-corrected chi connectivity index (χ2v) is 10.6. The Bertz CT molecular complexity index is 1450. The summed E-state index contributed by atoms with van der Waals surface area (Å²) in [7, 11) is 1.73. The summed E-state index contributed by atoms with van der Waals surface area (Å²) in [4.78, 5) is 32.2. The number of benzene rings is 2. The lowest BCUT2D eigenvalue weighted by molar-refractivity contribution is -0.120. The van der Waals surface area contributed by atoms with Crippen LogP contribution >= 0.6 is 0 Å². The number of carbonyl (C=O) groups is 2. The molecule has 2 fully saturated rings. The van der Waals surface area contributed by atoms with Crippen LogP contribution < -0.4 is 10.6 Å². The van der Waals surface area contributed by atoms with E-state index in [1.54, 1.807) is 18.9 Å². The van der Waals surface area contributed by atoms with Crippen LogP contribution in [-0.4, -0.2) is 34.5 Å². The van der Waals surface area contributed by atoms with E-state index in [9.17, 15) is 18.4 Å². The molecule has 39 heavy (non-hydrogen) atoms. The molecule has 2 aromatic carbocycles. The number of anilines is 1. The SMILES string of the molecule is COC1CCC(n2c(C3CCCC(=O)N3c3ccc(F)c(F)c3)nc3cc(C(C(C)=O)=C(C)N)ccc32)CC1. The third-order valence-corrected chi connectivity index (χ3v) is 8.02. The Kier molecular flexibility index (Phi) is 7.53. The predicted molar refractivity (Wildman–Crippen MR) is 146 cm³/mol. The lowest BCUT2D eigenvalue weighted by atomic mass is 9.91. The Balaban J connectivity index is 1.67. The molecule has 1 aliphatic heterocycles. The highest BCUT2D eigenvalue weighted by Crippen LogP contribution is 2.41. The van der Waals surface area contributed by atoms with Gasteiger partial charge in [0.25, 0.3) is 0 Å². The highest BCUT2D eigenvalue weighted by molar-refractivity contribution is 6.20. The van der Waals surface area contributed by atoms with Gasteiger partial charge < -0.3 is 19.9 Å². The molecule has 1 atom stereocenters. The monoisotopic (exact) mass is 536 g/mol. The number of carbonyl (C=O) groups excluding carboxylic acids is 2. The van der Waals surface area contributed by atoms with E-state index in [1.165, 1.54) is 13.0 Å². The molecule has 1 unspecified atom stereocenters. The van der Waals surface area contributed by atoms with Crippen LogP contribution in [0.3, 0.4) is 0 Å². The fourth-order valence-electron chi connectivity index (χ4n) is 6.21. The molecule has 2 aliphatic rings. The molecule has 1 saturated heterocycles. The molecule has 5 rings (SSSR count). The van der Waals surface area contributed by atoms with Gasteiger partial charge in [-0.2, -0.15) is 0 Å². The zero-order chi connectivity index (χ0) is 27.8. The average molecular weight is 537 g/mol. The molecular formula is C30H34F2N4O3. The van der Waals surface area contributed by atoms with Gasteiger partial charge in [-0.1, -0.05) is 6.07 Å². The van der Waals surface area contributed by atoms with Crippen molar-refractivity contribution in [3.05, 3.63) is 65.1 Å². The van der Waals surface area contributed by atoms with Crippen LogP contribution in [0.4, 0.5) is 14.5 Å². The number of imidazole rings is 1. The molecule has 0 radical (unpaired) electrons. The lowest BCUT2D eigenvalue weighted by Crippen LogP contribution is -2.40. The number of fused-ring (bicyclic) bond motifs is 1. The zero-order valence-electron chi connectivity index (χ0n) is 22.5. The third kappa shape index (κ3) is 5.07. The molecule has 1 aromatic heterocycles. The normalized spacial score (nSPS) is 22.7. The Morgan fingerprint density at radius 3 is 2.41 bits per heavy atom. The van der Waals surface area contributed by atoms with E-state index in [4.69, 9.17) is 15.5 Å². The average Bonchev–Trinajstić information content (AvgIpc) is 3.28. The number of amides is 1. The summed E-state index contributed by atoms with van der Waals surface area (Å²) in [6.07, 6.45) is 5.39. The topological polar surface area (TPSA) is 90.5 Å². The number of halogens is 2. The predicted octanol–water partition coefficient (Wildman–Crippen LogP) is 5.98. The van der Waals surface area contributed by atoms with Crippen LogP contribution in [0.5, 0.6) is 0 Å². The standard InChI is InChI=1S/C30H34F2N4O3/c1-17(33)29(18(2)37)19-7-14-26-25(15-19)34-30(36(26)20-8-11-22(39-3)12-9-20)27-5-4-6-28(38)35(27)21-10-13-23(31)24(32)16-21/h7,10,13-16,20,22,27H,4-6,8-9,11-12,33H2,1-3H3. The van der Waals surface area contributed by atoms with Gasteiger partial charge in [0.2, 0.25) is 5.91 Å². The van der Waals surface area contributed by atoms with E-state index >= 15 is 0 Å². The van der Waals surface area contributed by atoms with Crippen LogP contribution in [0.15, 0.2) is 42.1 Å². The molecule has 2 heterocycles. The number of piperidine rings is 1. The van der Waals surface area contributed by atoms with Crippen LogP contribution in [0.25, 0.3) is 16.6 Å². The molecule has 3 aromatic rings. The van der Waals surface area contributed by atoms with Gasteiger partial charge >= 0.3 is 0 Å².